The van der Waals surface area contributed by atoms with Crippen LogP contribution in [0.25, 0.3) is 0 Å². The van der Waals surface area contributed by atoms with Crippen molar-refractivity contribution in [3.63, 3.8) is 0 Å². The first-order valence-corrected chi connectivity index (χ1v) is 11.1. The van der Waals surface area contributed by atoms with Crippen LogP contribution in [0.5, 0.6) is 0 Å². The number of carbonyl (C=O) groups is 1. The van der Waals surface area contributed by atoms with Crippen LogP contribution in [0.15, 0.2) is 29.2 Å². The molecule has 7 nitrogen and oxygen atoms in total. The summed E-state index contributed by atoms with van der Waals surface area (Å²) in [6, 6.07) is 5.09. The Balaban J connectivity index is 2.07. The van der Waals surface area contributed by atoms with E-state index in [1.54, 1.807) is 14.0 Å². The van der Waals surface area contributed by atoms with Crippen LogP contribution in [0.4, 0.5) is 0 Å². The van der Waals surface area contributed by atoms with Crippen molar-refractivity contribution in [1.29, 1.82) is 0 Å². The predicted octanol–water partition coefficient (Wildman–Crippen LogP) is 2.89. The molecule has 1 unspecified atom stereocenters. The number of nitrogens with zero attached hydrogens (tertiary/aromatic N) is 3. The van der Waals surface area contributed by atoms with Gasteiger partial charge in [0.15, 0.2) is 0 Å². The molecule has 0 bridgehead atoms. The molecule has 1 fully saturated rings. The number of nitrogens with one attached hydrogen (secondary N) is 1. The van der Waals surface area contributed by atoms with Crippen LogP contribution in [0.1, 0.15) is 30.5 Å². The Morgan fingerprint density at radius 3 is 2.54 bits per heavy atom. The van der Waals surface area contributed by atoms with Gasteiger partial charge in [0.2, 0.25) is 15.9 Å². The van der Waals surface area contributed by atoms with Crippen LogP contribution in [-0.4, -0.2) is 41.0 Å². The molecule has 28 heavy (non-hydrogen) atoms. The van der Waals surface area contributed by atoms with E-state index in [-0.39, 0.29) is 17.3 Å². The fraction of sp³-hybridized carbons (Fsp3) is 0.444. The minimum absolute atomic E-state index is 0.0401. The van der Waals surface area contributed by atoms with Crippen LogP contribution in [0, 0.1) is 6.92 Å². The van der Waals surface area contributed by atoms with E-state index in [1.807, 2.05) is 0 Å². The summed E-state index contributed by atoms with van der Waals surface area (Å²) in [4.78, 5) is 12.7. The van der Waals surface area contributed by atoms with Crippen molar-refractivity contribution in [2.45, 2.75) is 43.7 Å². The smallest absolute Gasteiger partial charge is 0.244 e. The third kappa shape index (κ3) is 4.20. The normalized spacial score (nSPS) is 18.2. The van der Waals surface area contributed by atoms with Gasteiger partial charge >= 0.3 is 0 Å². The van der Waals surface area contributed by atoms with Crippen LogP contribution in [-0.2, 0) is 28.4 Å². The molecule has 1 atom stereocenters. The Morgan fingerprint density at radius 2 is 1.93 bits per heavy atom. The van der Waals surface area contributed by atoms with E-state index < -0.39 is 16.1 Å². The molecule has 1 saturated heterocycles. The van der Waals surface area contributed by atoms with E-state index in [4.69, 9.17) is 23.2 Å². The van der Waals surface area contributed by atoms with Crippen molar-refractivity contribution in [3.8, 4) is 0 Å². The predicted molar refractivity (Wildman–Crippen MR) is 108 cm³/mol. The van der Waals surface area contributed by atoms with Crippen LogP contribution in [0.2, 0.25) is 10.2 Å². The molecule has 0 spiro atoms. The first kappa shape index (κ1) is 21.1. The lowest BCUT2D eigenvalue weighted by atomic mass is 10.1. The standard InChI is InChI=1S/C18H22Cl2N4O3S/c1-12-15(17(20)23(2)22-12)11-24(16-5-3-4-10-21-18(16)25)28(26,27)14-8-6-13(19)7-9-14/h6-9,16H,3-5,10-11H2,1-2H3,(H,21,25). The molecule has 0 aliphatic carbocycles. The maximum atomic E-state index is 13.5. The molecule has 3 rings (SSSR count). The number of amides is 1. The summed E-state index contributed by atoms with van der Waals surface area (Å²) in [7, 11) is -2.28. The van der Waals surface area contributed by atoms with Gasteiger partial charge in [-0.3, -0.25) is 9.48 Å². The average molecular weight is 445 g/mol. The minimum Gasteiger partial charge on any atom is -0.355 e. The monoisotopic (exact) mass is 444 g/mol. The fourth-order valence-corrected chi connectivity index (χ4v) is 5.26. The Labute approximate surface area is 174 Å². The molecule has 0 radical (unpaired) electrons. The molecular formula is C18H22Cl2N4O3S. The number of aryl methyl sites for hydroxylation is 2. The van der Waals surface area contributed by atoms with Crippen LogP contribution >= 0.6 is 23.2 Å². The molecule has 1 aliphatic rings. The van der Waals surface area contributed by atoms with Crippen molar-refractivity contribution >= 4 is 39.1 Å². The number of hydrogen-bond donors (Lipinski definition) is 1. The van der Waals surface area contributed by atoms with Crippen LogP contribution < -0.4 is 5.32 Å². The highest BCUT2D eigenvalue weighted by Crippen LogP contribution is 2.29. The highest BCUT2D eigenvalue weighted by atomic mass is 35.5. The molecule has 152 valence electrons. The molecule has 1 aliphatic heterocycles. The minimum atomic E-state index is -3.97. The Morgan fingerprint density at radius 1 is 1.25 bits per heavy atom. The van der Waals surface area contributed by atoms with Gasteiger partial charge in [0, 0.05) is 30.7 Å². The number of rotatable bonds is 5. The Hall–Kier alpha value is -1.61. The average Bonchev–Trinajstić information content (AvgIpc) is 2.78. The van der Waals surface area contributed by atoms with Gasteiger partial charge in [-0.25, -0.2) is 8.42 Å². The lowest BCUT2D eigenvalue weighted by Crippen LogP contribution is -2.48. The quantitative estimate of drug-likeness (QED) is 0.767. The molecule has 2 heterocycles. The third-order valence-electron chi connectivity index (χ3n) is 4.86. The summed E-state index contributed by atoms with van der Waals surface area (Å²) >= 11 is 12.3. The van der Waals surface area contributed by atoms with E-state index in [2.05, 4.69) is 10.4 Å². The topological polar surface area (TPSA) is 84.3 Å². The second kappa shape index (κ2) is 8.41. The number of aromatic nitrogens is 2. The number of sulfonamides is 1. The second-order valence-electron chi connectivity index (χ2n) is 6.79. The van der Waals surface area contributed by atoms with Gasteiger partial charge in [-0.05, 0) is 50.5 Å². The summed E-state index contributed by atoms with van der Waals surface area (Å²) < 4.78 is 29.7. The number of hydrogen-bond acceptors (Lipinski definition) is 4. The van der Waals surface area contributed by atoms with Crippen molar-refractivity contribution in [1.82, 2.24) is 19.4 Å². The summed E-state index contributed by atoms with van der Waals surface area (Å²) in [6.45, 7) is 2.26. The van der Waals surface area contributed by atoms with Gasteiger partial charge in [0.1, 0.15) is 11.2 Å². The van der Waals surface area contributed by atoms with Crippen molar-refractivity contribution in [2.75, 3.05) is 6.54 Å². The molecule has 0 saturated carbocycles. The zero-order chi connectivity index (χ0) is 20.5. The maximum absolute atomic E-state index is 13.5. The van der Waals surface area contributed by atoms with Crippen LogP contribution in [0.3, 0.4) is 0 Å². The van der Waals surface area contributed by atoms with Gasteiger partial charge in [-0.2, -0.15) is 9.40 Å². The largest absolute Gasteiger partial charge is 0.355 e. The third-order valence-corrected chi connectivity index (χ3v) is 7.45. The zero-order valence-electron chi connectivity index (χ0n) is 15.7. The van der Waals surface area contributed by atoms with E-state index in [0.717, 1.165) is 12.8 Å². The molecule has 2 aromatic rings. The van der Waals surface area contributed by atoms with Crippen molar-refractivity contribution in [2.24, 2.45) is 7.05 Å². The Bertz CT molecular complexity index is 973. The second-order valence-corrected chi connectivity index (χ2v) is 9.47. The van der Waals surface area contributed by atoms with Crippen molar-refractivity contribution < 1.29 is 13.2 Å². The van der Waals surface area contributed by atoms with Gasteiger partial charge in [0.05, 0.1) is 10.6 Å². The summed E-state index contributed by atoms with van der Waals surface area (Å²) in [6.07, 6.45) is 2.00. The van der Waals surface area contributed by atoms with Gasteiger partial charge in [-0.15, -0.1) is 0 Å². The number of benzene rings is 1. The zero-order valence-corrected chi connectivity index (χ0v) is 18.0. The number of halogens is 2. The Kier molecular flexibility index (Phi) is 6.34. The van der Waals surface area contributed by atoms with E-state index in [1.165, 1.54) is 33.3 Å². The molecular weight excluding hydrogens is 423 g/mol. The molecule has 1 N–H and O–H groups in total. The van der Waals surface area contributed by atoms with Gasteiger partial charge in [0.25, 0.3) is 0 Å². The number of carbonyl (C=O) groups excluding carboxylic acids is 1. The lowest BCUT2D eigenvalue weighted by Gasteiger charge is -2.29. The molecule has 10 heteroatoms. The van der Waals surface area contributed by atoms with Gasteiger partial charge in [-0.1, -0.05) is 23.2 Å². The van der Waals surface area contributed by atoms with E-state index in [9.17, 15) is 13.2 Å². The van der Waals surface area contributed by atoms with E-state index >= 15 is 0 Å². The lowest BCUT2D eigenvalue weighted by molar-refractivity contribution is -0.124. The molecule has 1 aromatic heterocycles. The summed E-state index contributed by atoms with van der Waals surface area (Å²) in [5.74, 6) is -0.298. The highest BCUT2D eigenvalue weighted by molar-refractivity contribution is 7.89. The molecule has 1 amide bonds. The summed E-state index contributed by atoms with van der Waals surface area (Å²) in [5, 5.41) is 7.85. The van der Waals surface area contributed by atoms with Gasteiger partial charge < -0.3 is 5.32 Å². The highest BCUT2D eigenvalue weighted by Gasteiger charge is 2.37. The molecule has 1 aromatic carbocycles. The SMILES string of the molecule is Cc1nn(C)c(Cl)c1CN(C1CCCCNC1=O)S(=O)(=O)c1ccc(Cl)cc1. The maximum Gasteiger partial charge on any atom is 0.244 e. The first-order valence-electron chi connectivity index (χ1n) is 8.95. The summed E-state index contributed by atoms with van der Waals surface area (Å²) in [5.41, 5.74) is 1.21. The first-order chi connectivity index (χ1) is 13.2. The van der Waals surface area contributed by atoms with Crippen molar-refractivity contribution in [3.05, 3.63) is 45.7 Å². The van der Waals surface area contributed by atoms with E-state index in [0.29, 0.717) is 34.4 Å². The fourth-order valence-electron chi connectivity index (χ4n) is 3.31.